The van der Waals surface area contributed by atoms with Crippen LogP contribution >= 0.6 is 11.6 Å². The lowest BCUT2D eigenvalue weighted by Gasteiger charge is -2.30. The predicted molar refractivity (Wildman–Crippen MR) is 107 cm³/mol. The van der Waals surface area contributed by atoms with Gasteiger partial charge in [0.25, 0.3) is 0 Å². The van der Waals surface area contributed by atoms with E-state index in [-0.39, 0.29) is 18.2 Å². The minimum atomic E-state index is -0.380. The molecule has 1 aromatic heterocycles. The van der Waals surface area contributed by atoms with E-state index < -0.39 is 0 Å². The van der Waals surface area contributed by atoms with Crippen molar-refractivity contribution in [3.8, 4) is 5.75 Å². The van der Waals surface area contributed by atoms with Crippen LogP contribution < -0.4 is 10.4 Å². The molecule has 2 heterocycles. The van der Waals surface area contributed by atoms with Crippen molar-refractivity contribution in [2.75, 3.05) is 6.73 Å². The number of rotatable bonds is 5. The Morgan fingerprint density at radius 1 is 1.21 bits per heavy atom. The van der Waals surface area contributed by atoms with Crippen LogP contribution in [0.2, 0.25) is 5.02 Å². The summed E-state index contributed by atoms with van der Waals surface area (Å²) in [5, 5.41) is 1.34. The summed E-state index contributed by atoms with van der Waals surface area (Å²) in [6.07, 6.45) is 2.79. The van der Waals surface area contributed by atoms with Crippen LogP contribution in [-0.2, 0) is 19.5 Å². The maximum Gasteiger partial charge on any atom is 0.336 e. The minimum absolute atomic E-state index is 0.252. The van der Waals surface area contributed by atoms with Crippen molar-refractivity contribution in [2.45, 2.75) is 39.3 Å². The number of hydrogen-bond donors (Lipinski definition) is 0. The molecule has 1 aliphatic heterocycles. The summed E-state index contributed by atoms with van der Waals surface area (Å²) in [6.45, 7) is 3.24. The summed E-state index contributed by atoms with van der Waals surface area (Å²) in [4.78, 5) is 14.1. The van der Waals surface area contributed by atoms with Gasteiger partial charge in [0.1, 0.15) is 23.9 Å². The van der Waals surface area contributed by atoms with Crippen molar-refractivity contribution in [1.29, 1.82) is 0 Å². The average Bonchev–Trinajstić information content (AvgIpc) is 2.69. The molecule has 0 spiro atoms. The fraction of sp³-hybridized carbons (Fsp3) is 0.318. The summed E-state index contributed by atoms with van der Waals surface area (Å²) >= 11 is 6.48. The first-order valence-corrected chi connectivity index (χ1v) is 9.81. The van der Waals surface area contributed by atoms with E-state index in [1.54, 1.807) is 18.2 Å². The van der Waals surface area contributed by atoms with Crippen LogP contribution in [0.15, 0.2) is 45.6 Å². The van der Waals surface area contributed by atoms with Crippen LogP contribution in [0.4, 0.5) is 4.39 Å². The lowest BCUT2D eigenvalue weighted by Crippen LogP contribution is -2.32. The fourth-order valence-corrected chi connectivity index (χ4v) is 3.92. The first-order chi connectivity index (χ1) is 13.6. The van der Waals surface area contributed by atoms with Crippen LogP contribution in [0, 0.1) is 5.82 Å². The van der Waals surface area contributed by atoms with Crippen molar-refractivity contribution in [2.24, 2.45) is 0 Å². The second-order valence-electron chi connectivity index (χ2n) is 7.09. The van der Waals surface area contributed by atoms with Gasteiger partial charge >= 0.3 is 5.63 Å². The van der Waals surface area contributed by atoms with Crippen LogP contribution in [-0.4, -0.2) is 11.6 Å². The SMILES string of the molecule is CCCCc1cc(=O)oc2c3c(c(Cl)cc12)OCN(Cc1ccccc1F)C3. The molecule has 3 aromatic rings. The molecule has 1 aliphatic rings. The van der Waals surface area contributed by atoms with E-state index in [1.165, 1.54) is 6.07 Å². The van der Waals surface area contributed by atoms with E-state index in [4.69, 9.17) is 20.8 Å². The van der Waals surface area contributed by atoms with Crippen LogP contribution in [0.3, 0.4) is 0 Å². The third-order valence-electron chi connectivity index (χ3n) is 5.05. The zero-order chi connectivity index (χ0) is 19.7. The number of benzene rings is 2. The van der Waals surface area contributed by atoms with Gasteiger partial charge in [0.15, 0.2) is 0 Å². The zero-order valence-electron chi connectivity index (χ0n) is 15.6. The molecule has 0 bridgehead atoms. The van der Waals surface area contributed by atoms with Gasteiger partial charge in [-0.15, -0.1) is 0 Å². The topological polar surface area (TPSA) is 42.7 Å². The lowest BCUT2D eigenvalue weighted by atomic mass is 10.0. The smallest absolute Gasteiger partial charge is 0.336 e. The van der Waals surface area contributed by atoms with Gasteiger partial charge in [-0.2, -0.15) is 0 Å². The normalized spacial score (nSPS) is 14.1. The van der Waals surface area contributed by atoms with Crippen molar-refractivity contribution < 1.29 is 13.5 Å². The molecule has 0 N–H and O–H groups in total. The molecule has 0 fully saturated rings. The summed E-state index contributed by atoms with van der Waals surface area (Å²) in [5.41, 5.74) is 2.39. The Hall–Kier alpha value is -2.37. The van der Waals surface area contributed by atoms with E-state index in [0.29, 0.717) is 35.0 Å². The van der Waals surface area contributed by atoms with Crippen molar-refractivity contribution in [3.63, 3.8) is 0 Å². The molecule has 0 saturated heterocycles. The summed E-state index contributed by atoms with van der Waals surface area (Å²) in [7, 11) is 0. The summed E-state index contributed by atoms with van der Waals surface area (Å²) in [5.74, 6) is 0.285. The van der Waals surface area contributed by atoms with Gasteiger partial charge in [-0.1, -0.05) is 43.1 Å². The van der Waals surface area contributed by atoms with E-state index in [0.717, 1.165) is 35.8 Å². The highest BCUT2D eigenvalue weighted by atomic mass is 35.5. The molecule has 0 radical (unpaired) electrons. The third-order valence-corrected chi connectivity index (χ3v) is 5.33. The molecule has 6 heteroatoms. The zero-order valence-corrected chi connectivity index (χ0v) is 16.4. The van der Waals surface area contributed by atoms with E-state index in [1.807, 2.05) is 17.0 Å². The van der Waals surface area contributed by atoms with Crippen molar-refractivity contribution >= 4 is 22.6 Å². The summed E-state index contributed by atoms with van der Waals surface area (Å²) < 4.78 is 25.5. The summed E-state index contributed by atoms with van der Waals surface area (Å²) in [6, 6.07) is 10.0. The van der Waals surface area contributed by atoms with Gasteiger partial charge in [0, 0.05) is 30.1 Å². The minimum Gasteiger partial charge on any atom is -0.476 e. The maximum absolute atomic E-state index is 14.0. The highest BCUT2D eigenvalue weighted by Crippen LogP contribution is 2.39. The molecule has 2 aromatic carbocycles. The first-order valence-electron chi connectivity index (χ1n) is 9.43. The Bertz CT molecular complexity index is 1080. The third kappa shape index (κ3) is 3.64. The predicted octanol–water partition coefficient (Wildman–Crippen LogP) is 5.28. The van der Waals surface area contributed by atoms with Gasteiger partial charge in [0.2, 0.25) is 0 Å². The van der Waals surface area contributed by atoms with Gasteiger partial charge in [-0.3, -0.25) is 4.90 Å². The monoisotopic (exact) mass is 401 g/mol. The fourth-order valence-electron chi connectivity index (χ4n) is 3.64. The Kier molecular flexibility index (Phi) is 5.38. The Balaban J connectivity index is 1.75. The maximum atomic E-state index is 14.0. The van der Waals surface area contributed by atoms with Crippen molar-refractivity contribution in [3.05, 3.63) is 74.3 Å². The number of hydrogen-bond acceptors (Lipinski definition) is 4. The Morgan fingerprint density at radius 3 is 2.82 bits per heavy atom. The number of unbranched alkanes of at least 4 members (excludes halogenated alkanes) is 1. The molecule has 0 atom stereocenters. The number of halogens is 2. The van der Waals surface area contributed by atoms with Crippen molar-refractivity contribution in [1.82, 2.24) is 4.90 Å². The largest absolute Gasteiger partial charge is 0.476 e. The molecule has 146 valence electrons. The molecule has 28 heavy (non-hydrogen) atoms. The van der Waals surface area contributed by atoms with Gasteiger partial charge < -0.3 is 9.15 Å². The second kappa shape index (κ2) is 7.94. The second-order valence-corrected chi connectivity index (χ2v) is 7.50. The molecule has 4 nitrogen and oxygen atoms in total. The molecule has 0 aliphatic carbocycles. The van der Waals surface area contributed by atoms with E-state index >= 15 is 0 Å². The molecular formula is C22H21ClFNO3. The molecule has 0 saturated carbocycles. The Morgan fingerprint density at radius 2 is 2.04 bits per heavy atom. The molecular weight excluding hydrogens is 381 g/mol. The van der Waals surface area contributed by atoms with E-state index in [9.17, 15) is 9.18 Å². The van der Waals surface area contributed by atoms with Gasteiger partial charge in [-0.05, 0) is 30.5 Å². The number of fused-ring (bicyclic) bond motifs is 3. The number of nitrogens with zero attached hydrogens (tertiary/aromatic N) is 1. The molecule has 4 rings (SSSR count). The first kappa shape index (κ1) is 19.0. The lowest BCUT2D eigenvalue weighted by molar-refractivity contribution is 0.0880. The highest BCUT2D eigenvalue weighted by molar-refractivity contribution is 6.33. The number of ether oxygens (including phenoxy) is 1. The quantitative estimate of drug-likeness (QED) is 0.545. The van der Waals surface area contributed by atoms with Crippen LogP contribution in [0.1, 0.15) is 36.5 Å². The standard InChI is InChI=1S/C22H21ClFNO3/c1-2-3-6-14-9-20(26)28-21-16(14)10-18(23)22-17(21)12-25(13-27-22)11-15-7-4-5-8-19(15)24/h4-5,7-10H,2-3,6,11-13H2,1H3. The highest BCUT2D eigenvalue weighted by Gasteiger charge is 2.25. The average molecular weight is 402 g/mol. The van der Waals surface area contributed by atoms with Crippen LogP contribution in [0.25, 0.3) is 11.0 Å². The van der Waals surface area contributed by atoms with Gasteiger partial charge in [-0.25, -0.2) is 9.18 Å². The van der Waals surface area contributed by atoms with Crippen LogP contribution in [0.5, 0.6) is 5.75 Å². The van der Waals surface area contributed by atoms with Gasteiger partial charge in [0.05, 0.1) is 10.6 Å². The molecule has 0 amide bonds. The van der Waals surface area contributed by atoms with E-state index in [2.05, 4.69) is 6.92 Å². The number of aryl methyl sites for hydroxylation is 1. The molecule has 0 unspecified atom stereocenters. The Labute approximate surface area is 167 Å².